The van der Waals surface area contributed by atoms with Crippen molar-refractivity contribution in [1.82, 2.24) is 5.16 Å². The first-order valence-corrected chi connectivity index (χ1v) is 6.13. The summed E-state index contributed by atoms with van der Waals surface area (Å²) < 4.78 is 10.3. The topological polar surface area (TPSA) is 61.3 Å². The minimum atomic E-state index is 0.230. The summed E-state index contributed by atoms with van der Waals surface area (Å²) >= 11 is 0. The maximum atomic E-state index is 5.92. The molecule has 1 aromatic heterocycles. The van der Waals surface area contributed by atoms with Crippen LogP contribution < -0.4 is 10.5 Å². The van der Waals surface area contributed by atoms with Gasteiger partial charge in [-0.2, -0.15) is 0 Å². The van der Waals surface area contributed by atoms with Gasteiger partial charge in [0.15, 0.2) is 0 Å². The molecule has 2 rings (SSSR count). The van der Waals surface area contributed by atoms with E-state index in [1.165, 1.54) is 5.56 Å². The second kappa shape index (κ2) is 6.21. The molecule has 4 heteroatoms. The summed E-state index contributed by atoms with van der Waals surface area (Å²) in [4.78, 5) is 0. The number of hydrogen-bond acceptors (Lipinski definition) is 4. The highest BCUT2D eigenvalue weighted by Gasteiger charge is 2.02. The fraction of sp³-hybridized carbons (Fsp3) is 0.357. The molecule has 0 aliphatic heterocycles. The Morgan fingerprint density at radius 2 is 2.06 bits per heavy atom. The van der Waals surface area contributed by atoms with Crippen LogP contribution in [-0.4, -0.2) is 11.2 Å². The van der Waals surface area contributed by atoms with Crippen LogP contribution in [0, 0.1) is 0 Å². The van der Waals surface area contributed by atoms with Crippen LogP contribution in [0.2, 0.25) is 0 Å². The Morgan fingerprint density at radius 3 is 2.67 bits per heavy atom. The van der Waals surface area contributed by atoms with Crippen molar-refractivity contribution in [2.45, 2.75) is 32.4 Å². The summed E-state index contributed by atoms with van der Waals surface area (Å²) in [6.07, 6.45) is 5.12. The van der Waals surface area contributed by atoms with Gasteiger partial charge in [-0.25, -0.2) is 0 Å². The summed E-state index contributed by atoms with van der Waals surface area (Å²) in [5.74, 6) is 0.838. The lowest BCUT2D eigenvalue weighted by Crippen LogP contribution is -2.21. The van der Waals surface area contributed by atoms with Crippen molar-refractivity contribution in [3.8, 4) is 5.75 Å². The van der Waals surface area contributed by atoms with Gasteiger partial charge in [-0.1, -0.05) is 24.2 Å². The molecule has 1 atom stereocenters. The molecule has 0 fully saturated rings. The van der Waals surface area contributed by atoms with Crippen molar-refractivity contribution in [3.05, 3.63) is 47.9 Å². The first-order valence-electron chi connectivity index (χ1n) is 6.13. The van der Waals surface area contributed by atoms with Gasteiger partial charge in [0.05, 0.1) is 6.20 Å². The van der Waals surface area contributed by atoms with Crippen molar-refractivity contribution < 1.29 is 9.26 Å². The quantitative estimate of drug-likeness (QED) is 0.850. The second-order valence-electron chi connectivity index (χ2n) is 4.34. The minimum Gasteiger partial charge on any atom is -0.489 e. The molecule has 0 radical (unpaired) electrons. The third-order valence-corrected chi connectivity index (χ3v) is 2.83. The lowest BCUT2D eigenvalue weighted by atomic mass is 10.0. The molecule has 1 unspecified atom stereocenters. The van der Waals surface area contributed by atoms with E-state index in [-0.39, 0.29) is 6.04 Å². The first-order chi connectivity index (χ1) is 8.78. The zero-order valence-electron chi connectivity index (χ0n) is 10.5. The number of benzene rings is 1. The summed E-state index contributed by atoms with van der Waals surface area (Å²) in [6, 6.07) is 8.27. The first kappa shape index (κ1) is 12.6. The fourth-order valence-corrected chi connectivity index (χ4v) is 1.63. The average molecular weight is 246 g/mol. The molecule has 96 valence electrons. The zero-order valence-corrected chi connectivity index (χ0v) is 10.5. The van der Waals surface area contributed by atoms with Crippen LogP contribution in [0.3, 0.4) is 0 Å². The molecule has 0 bridgehead atoms. The minimum absolute atomic E-state index is 0.230. The number of ether oxygens (including phenoxy) is 1. The van der Waals surface area contributed by atoms with Crippen LogP contribution in [-0.2, 0) is 13.0 Å². The van der Waals surface area contributed by atoms with Gasteiger partial charge in [0.2, 0.25) is 0 Å². The summed E-state index contributed by atoms with van der Waals surface area (Å²) in [6.45, 7) is 2.57. The smallest absolute Gasteiger partial charge is 0.130 e. The van der Waals surface area contributed by atoms with E-state index in [0.29, 0.717) is 6.61 Å². The van der Waals surface area contributed by atoms with Crippen molar-refractivity contribution in [1.29, 1.82) is 0 Å². The Bertz CT molecular complexity index is 451. The predicted molar refractivity (Wildman–Crippen MR) is 69.2 cm³/mol. The molecule has 4 nitrogen and oxygen atoms in total. The number of aromatic nitrogens is 1. The van der Waals surface area contributed by atoms with Crippen LogP contribution in [0.4, 0.5) is 0 Å². The van der Waals surface area contributed by atoms with E-state index in [2.05, 4.69) is 24.2 Å². The van der Waals surface area contributed by atoms with Crippen LogP contribution in [0.5, 0.6) is 5.75 Å². The van der Waals surface area contributed by atoms with Gasteiger partial charge in [-0.15, -0.1) is 0 Å². The largest absolute Gasteiger partial charge is 0.489 e. The number of rotatable bonds is 6. The summed E-state index contributed by atoms with van der Waals surface area (Å²) in [5, 5.41) is 3.62. The van der Waals surface area contributed by atoms with E-state index in [0.717, 1.165) is 24.2 Å². The normalized spacial score (nSPS) is 12.3. The molecule has 1 heterocycles. The van der Waals surface area contributed by atoms with Gasteiger partial charge in [0, 0.05) is 11.6 Å². The van der Waals surface area contributed by atoms with E-state index in [1.807, 2.05) is 12.1 Å². The summed E-state index contributed by atoms with van der Waals surface area (Å²) in [5.41, 5.74) is 8.08. The highest BCUT2D eigenvalue weighted by atomic mass is 16.5. The van der Waals surface area contributed by atoms with E-state index in [9.17, 15) is 0 Å². The van der Waals surface area contributed by atoms with Crippen LogP contribution in [0.1, 0.15) is 24.5 Å². The predicted octanol–water partition coefficient (Wildman–Crippen LogP) is 2.53. The number of hydrogen-bond donors (Lipinski definition) is 1. The molecule has 0 aliphatic carbocycles. The SMILES string of the molecule is CCC(N)Cc1ccc(OCc2cnoc2)cc1. The monoisotopic (exact) mass is 246 g/mol. The van der Waals surface area contributed by atoms with Crippen molar-refractivity contribution in [2.24, 2.45) is 5.73 Å². The molecule has 0 spiro atoms. The molecule has 2 aromatic rings. The Balaban J connectivity index is 1.87. The highest BCUT2D eigenvalue weighted by Crippen LogP contribution is 2.15. The van der Waals surface area contributed by atoms with Gasteiger partial charge >= 0.3 is 0 Å². The Hall–Kier alpha value is -1.81. The van der Waals surface area contributed by atoms with Crippen molar-refractivity contribution in [2.75, 3.05) is 0 Å². The van der Waals surface area contributed by atoms with E-state index < -0.39 is 0 Å². The van der Waals surface area contributed by atoms with Gasteiger partial charge in [0.25, 0.3) is 0 Å². The molecule has 18 heavy (non-hydrogen) atoms. The standard InChI is InChI=1S/C14H18N2O2/c1-2-13(15)7-11-3-5-14(6-4-11)17-9-12-8-16-18-10-12/h3-6,8,10,13H,2,7,9,15H2,1H3. The third-order valence-electron chi connectivity index (χ3n) is 2.83. The molecule has 0 aliphatic rings. The van der Waals surface area contributed by atoms with Gasteiger partial charge < -0.3 is 15.0 Å². The van der Waals surface area contributed by atoms with E-state index in [1.54, 1.807) is 12.5 Å². The summed E-state index contributed by atoms with van der Waals surface area (Å²) in [7, 11) is 0. The van der Waals surface area contributed by atoms with Gasteiger partial charge in [-0.3, -0.25) is 0 Å². The third kappa shape index (κ3) is 3.60. The van der Waals surface area contributed by atoms with E-state index >= 15 is 0 Å². The molecule has 0 amide bonds. The Kier molecular flexibility index (Phi) is 4.36. The highest BCUT2D eigenvalue weighted by molar-refractivity contribution is 5.28. The lowest BCUT2D eigenvalue weighted by molar-refractivity contribution is 0.304. The Morgan fingerprint density at radius 1 is 1.28 bits per heavy atom. The molecular formula is C14H18N2O2. The zero-order chi connectivity index (χ0) is 12.8. The number of nitrogens with zero attached hydrogens (tertiary/aromatic N) is 1. The average Bonchev–Trinajstić information content (AvgIpc) is 2.91. The number of nitrogens with two attached hydrogens (primary N) is 1. The van der Waals surface area contributed by atoms with Crippen molar-refractivity contribution >= 4 is 0 Å². The second-order valence-corrected chi connectivity index (χ2v) is 4.34. The van der Waals surface area contributed by atoms with Crippen LogP contribution in [0.25, 0.3) is 0 Å². The van der Waals surface area contributed by atoms with E-state index in [4.69, 9.17) is 15.0 Å². The van der Waals surface area contributed by atoms with Crippen LogP contribution >= 0.6 is 0 Å². The Labute approximate surface area is 107 Å². The lowest BCUT2D eigenvalue weighted by Gasteiger charge is -2.09. The van der Waals surface area contributed by atoms with Gasteiger partial charge in [-0.05, 0) is 30.5 Å². The molecule has 2 N–H and O–H groups in total. The molecule has 0 saturated carbocycles. The fourth-order valence-electron chi connectivity index (χ4n) is 1.63. The maximum Gasteiger partial charge on any atom is 0.130 e. The molecule has 1 aromatic carbocycles. The van der Waals surface area contributed by atoms with Crippen molar-refractivity contribution in [3.63, 3.8) is 0 Å². The van der Waals surface area contributed by atoms with Gasteiger partial charge in [0.1, 0.15) is 18.6 Å². The molecular weight excluding hydrogens is 228 g/mol. The maximum absolute atomic E-state index is 5.92. The molecule has 0 saturated heterocycles. The van der Waals surface area contributed by atoms with Crippen LogP contribution in [0.15, 0.2) is 41.2 Å².